The molecule has 0 bridgehead atoms. The average Bonchev–Trinajstić information content (AvgIpc) is 3.38. The highest BCUT2D eigenvalue weighted by Gasteiger charge is 2.35. The van der Waals surface area contributed by atoms with Gasteiger partial charge in [0.25, 0.3) is 20.2 Å². The van der Waals surface area contributed by atoms with E-state index in [9.17, 15) is 25.9 Å². The van der Waals surface area contributed by atoms with Crippen molar-refractivity contribution in [1.82, 2.24) is 0 Å². The third kappa shape index (κ3) is 8.72. The molecule has 2 aromatic carbocycles. The Morgan fingerprint density at radius 3 is 1.62 bits per heavy atom. The molecular formula is C29H36Cl4N4O6S2. The van der Waals surface area contributed by atoms with Gasteiger partial charge in [0.05, 0.1) is 54.3 Å². The molecule has 0 fully saturated rings. The number of hydrogen-bond donors (Lipinski definition) is 2. The van der Waals surface area contributed by atoms with Gasteiger partial charge >= 0.3 is 0 Å². The van der Waals surface area contributed by atoms with Crippen molar-refractivity contribution in [2.45, 2.75) is 45.7 Å². The van der Waals surface area contributed by atoms with E-state index in [0.29, 0.717) is 65.5 Å². The zero-order chi connectivity index (χ0) is 33.1. The molecule has 2 aliphatic heterocycles. The van der Waals surface area contributed by atoms with Crippen molar-refractivity contribution in [2.24, 2.45) is 0 Å². The first-order chi connectivity index (χ1) is 21.1. The molecule has 0 aromatic heterocycles. The molecule has 0 aliphatic carbocycles. The van der Waals surface area contributed by atoms with Crippen molar-refractivity contribution >= 4 is 89.4 Å². The molecule has 0 amide bonds. The minimum absolute atomic E-state index is 0.243. The molecule has 2 N–H and O–H groups in total. The summed E-state index contributed by atoms with van der Waals surface area (Å²) >= 11 is 25.6. The van der Waals surface area contributed by atoms with E-state index in [2.05, 4.69) is 19.6 Å². The standard InChI is InChI=1S/C29H36Cl4N4O6S2/c1-3-34-24-16-20(30)22(32)18-26(24)36(12-5-7-14-44(38,39)40)28(34)10-9-11-29-35(4-2)25-17-21(31)23(33)19-27(25)37(29)13-6-8-15-45(41,42)43/h9-11,16-19,28H,3-8,12-15H2,1-2H3,(H,38,39,40)(H,41,42,43). The molecule has 4 rings (SSSR count). The third-order valence-electron chi connectivity index (χ3n) is 7.70. The summed E-state index contributed by atoms with van der Waals surface area (Å²) in [4.78, 5) is 8.46. The lowest BCUT2D eigenvalue weighted by molar-refractivity contribution is 0.477. The Hall–Kier alpha value is -1.90. The van der Waals surface area contributed by atoms with E-state index in [1.54, 1.807) is 6.07 Å². The maximum absolute atomic E-state index is 11.3. The van der Waals surface area contributed by atoms with Crippen LogP contribution in [0.25, 0.3) is 0 Å². The van der Waals surface area contributed by atoms with Crippen LogP contribution in [0, 0.1) is 0 Å². The number of halogens is 4. The van der Waals surface area contributed by atoms with E-state index in [0.717, 1.165) is 28.6 Å². The quantitative estimate of drug-likeness (QED) is 0.150. The van der Waals surface area contributed by atoms with E-state index in [1.807, 2.05) is 50.3 Å². The molecule has 0 saturated carbocycles. The number of anilines is 4. The smallest absolute Gasteiger partial charge is 0.264 e. The van der Waals surface area contributed by atoms with Crippen LogP contribution in [0.4, 0.5) is 22.7 Å². The van der Waals surface area contributed by atoms with E-state index in [-0.39, 0.29) is 24.1 Å². The van der Waals surface area contributed by atoms with E-state index in [4.69, 9.17) is 46.4 Å². The van der Waals surface area contributed by atoms with Crippen molar-refractivity contribution in [1.29, 1.82) is 0 Å². The molecule has 2 aliphatic rings. The molecule has 45 heavy (non-hydrogen) atoms. The van der Waals surface area contributed by atoms with Crippen molar-refractivity contribution < 1.29 is 25.9 Å². The molecule has 16 heteroatoms. The highest BCUT2D eigenvalue weighted by atomic mass is 35.5. The van der Waals surface area contributed by atoms with Gasteiger partial charge in [-0.2, -0.15) is 16.8 Å². The minimum Gasteiger partial charge on any atom is -0.346 e. The summed E-state index contributed by atoms with van der Waals surface area (Å²) in [6, 6.07) is 7.25. The summed E-state index contributed by atoms with van der Waals surface area (Å²) in [6.07, 6.45) is 7.30. The number of nitrogens with zero attached hydrogens (tertiary/aromatic N) is 4. The molecule has 2 heterocycles. The van der Waals surface area contributed by atoms with Crippen LogP contribution in [-0.4, -0.2) is 69.8 Å². The van der Waals surface area contributed by atoms with Gasteiger partial charge in [0.1, 0.15) is 12.0 Å². The molecule has 1 atom stereocenters. The van der Waals surface area contributed by atoms with Crippen molar-refractivity contribution in [3.8, 4) is 0 Å². The van der Waals surface area contributed by atoms with Crippen LogP contribution in [-0.2, 0) is 20.2 Å². The molecule has 0 spiro atoms. The molecule has 0 radical (unpaired) electrons. The van der Waals surface area contributed by atoms with Gasteiger partial charge in [-0.25, -0.2) is 0 Å². The van der Waals surface area contributed by atoms with Crippen LogP contribution >= 0.6 is 46.4 Å². The number of hydrogen-bond acceptors (Lipinski definition) is 8. The minimum atomic E-state index is -4.06. The number of benzene rings is 2. The lowest BCUT2D eigenvalue weighted by atomic mass is 10.2. The van der Waals surface area contributed by atoms with Crippen molar-refractivity contribution in [3.05, 3.63) is 68.4 Å². The maximum atomic E-state index is 11.3. The topological polar surface area (TPSA) is 122 Å². The molecule has 10 nitrogen and oxygen atoms in total. The highest BCUT2D eigenvalue weighted by Crippen LogP contribution is 2.47. The number of likely N-dealkylation sites (N-methyl/N-ethyl adjacent to an activating group) is 1. The second-order valence-electron chi connectivity index (χ2n) is 10.7. The zero-order valence-corrected chi connectivity index (χ0v) is 29.5. The van der Waals surface area contributed by atoms with E-state index in [1.165, 1.54) is 0 Å². The second-order valence-corrected chi connectivity index (χ2v) is 15.5. The predicted octanol–water partition coefficient (Wildman–Crippen LogP) is 7.35. The number of rotatable bonds is 14. The largest absolute Gasteiger partial charge is 0.346 e. The van der Waals surface area contributed by atoms with Crippen molar-refractivity contribution in [3.63, 3.8) is 0 Å². The van der Waals surface area contributed by atoms with Crippen LogP contribution in [0.3, 0.4) is 0 Å². The first kappa shape index (κ1) is 35.9. The van der Waals surface area contributed by atoms with Crippen LogP contribution in [0.1, 0.15) is 39.5 Å². The first-order valence-electron chi connectivity index (χ1n) is 14.5. The average molecular weight is 743 g/mol. The lowest BCUT2D eigenvalue weighted by Gasteiger charge is -2.30. The third-order valence-corrected chi connectivity index (χ3v) is 10.8. The van der Waals surface area contributed by atoms with Gasteiger partial charge in [0, 0.05) is 26.2 Å². The van der Waals surface area contributed by atoms with Crippen molar-refractivity contribution in [2.75, 3.05) is 57.3 Å². The summed E-state index contributed by atoms with van der Waals surface area (Å²) in [7, 11) is -8.12. The molecule has 248 valence electrons. The monoisotopic (exact) mass is 740 g/mol. The summed E-state index contributed by atoms with van der Waals surface area (Å²) in [6.45, 7) is 6.30. The van der Waals surface area contributed by atoms with E-state index >= 15 is 0 Å². The SMILES string of the molecule is CCN1C(=CC=CC2N(CC)c3cc(Cl)c(Cl)cc3N2CCCCS(=O)(=O)O)N(CCCCS(=O)(=O)O)c2cc(Cl)c(Cl)cc21. The van der Waals surface area contributed by atoms with Crippen LogP contribution in [0.2, 0.25) is 20.1 Å². The van der Waals surface area contributed by atoms with Crippen LogP contribution < -0.4 is 19.6 Å². The van der Waals surface area contributed by atoms with Gasteiger partial charge < -0.3 is 19.6 Å². The van der Waals surface area contributed by atoms with Gasteiger partial charge in [-0.05, 0) is 75.9 Å². The summed E-state index contributed by atoms with van der Waals surface area (Å²) in [5, 5.41) is 1.65. The fraction of sp³-hybridized carbons (Fsp3) is 0.448. The molecule has 1 unspecified atom stereocenters. The van der Waals surface area contributed by atoms with Gasteiger partial charge in [-0.1, -0.05) is 52.5 Å². The Morgan fingerprint density at radius 1 is 0.667 bits per heavy atom. The molecule has 0 saturated heterocycles. The fourth-order valence-electron chi connectivity index (χ4n) is 5.72. The van der Waals surface area contributed by atoms with Gasteiger partial charge in [-0.3, -0.25) is 9.11 Å². The molecule has 2 aromatic rings. The Labute approximate surface area is 285 Å². The Balaban J connectivity index is 1.67. The first-order valence-corrected chi connectivity index (χ1v) is 19.2. The highest BCUT2D eigenvalue weighted by molar-refractivity contribution is 7.86. The predicted molar refractivity (Wildman–Crippen MR) is 186 cm³/mol. The summed E-state index contributed by atoms with van der Waals surface area (Å²) < 4.78 is 63.5. The van der Waals surface area contributed by atoms with E-state index < -0.39 is 20.2 Å². The number of allylic oxidation sites excluding steroid dienone is 2. The van der Waals surface area contributed by atoms with Crippen LogP contribution in [0.5, 0.6) is 0 Å². The summed E-state index contributed by atoms with van der Waals surface area (Å²) in [5.74, 6) is 0.202. The van der Waals surface area contributed by atoms with Crippen LogP contribution in [0.15, 0.2) is 48.3 Å². The Kier molecular flexibility index (Phi) is 11.9. The number of fused-ring (bicyclic) bond motifs is 2. The second kappa shape index (κ2) is 14.9. The normalized spacial score (nSPS) is 17.7. The Morgan fingerprint density at radius 2 is 1.13 bits per heavy atom. The lowest BCUT2D eigenvalue weighted by Crippen LogP contribution is -2.42. The summed E-state index contributed by atoms with van der Waals surface area (Å²) in [5.41, 5.74) is 3.48. The maximum Gasteiger partial charge on any atom is 0.264 e. The van der Waals surface area contributed by atoms with Gasteiger partial charge in [0.2, 0.25) is 0 Å². The zero-order valence-electron chi connectivity index (χ0n) is 24.8. The molecular weight excluding hydrogens is 706 g/mol. The fourth-order valence-corrected chi connectivity index (χ4v) is 7.49. The Bertz CT molecular complexity index is 1690. The van der Waals surface area contributed by atoms with Gasteiger partial charge in [0.15, 0.2) is 0 Å². The van der Waals surface area contributed by atoms with Gasteiger partial charge in [-0.15, -0.1) is 0 Å². The number of unbranched alkanes of at least 4 members (excludes halogenated alkanes) is 2.